The molecule has 1 aliphatic rings. The lowest BCUT2D eigenvalue weighted by Gasteiger charge is -2.34. The van der Waals surface area contributed by atoms with Crippen molar-refractivity contribution in [3.05, 3.63) is 18.5 Å². The Bertz CT molecular complexity index is 578. The van der Waals surface area contributed by atoms with E-state index in [-0.39, 0.29) is 17.5 Å². The molecule has 1 aromatic rings. The first-order valence-electron chi connectivity index (χ1n) is 6.19. The number of hydrogen-bond acceptors (Lipinski definition) is 3. The molecule has 2 atom stereocenters. The van der Waals surface area contributed by atoms with Crippen molar-refractivity contribution in [2.45, 2.75) is 30.7 Å². The average Bonchev–Trinajstić information content (AvgIpc) is 2.76. The third-order valence-electron chi connectivity index (χ3n) is 3.58. The SMILES string of the molecule is CC1CC(C(=O)O)CCN1S(=O)(=O)c1ccn(C)c1. The van der Waals surface area contributed by atoms with Crippen LogP contribution < -0.4 is 0 Å². The molecule has 7 heteroatoms. The smallest absolute Gasteiger partial charge is 0.306 e. The van der Waals surface area contributed by atoms with Gasteiger partial charge in [-0.3, -0.25) is 4.79 Å². The summed E-state index contributed by atoms with van der Waals surface area (Å²) in [6.07, 6.45) is 3.97. The van der Waals surface area contributed by atoms with Crippen molar-refractivity contribution in [2.24, 2.45) is 13.0 Å². The van der Waals surface area contributed by atoms with Crippen LogP contribution in [0.4, 0.5) is 0 Å². The standard InChI is InChI=1S/C12H18N2O4S/c1-9-7-10(12(15)16)3-6-14(9)19(17,18)11-4-5-13(2)8-11/h4-5,8-10H,3,6-7H2,1-2H3,(H,15,16). The van der Waals surface area contributed by atoms with Crippen LogP contribution in [-0.4, -0.2) is 41.0 Å². The fourth-order valence-electron chi connectivity index (χ4n) is 2.50. The van der Waals surface area contributed by atoms with Gasteiger partial charge in [-0.2, -0.15) is 4.31 Å². The lowest BCUT2D eigenvalue weighted by Crippen LogP contribution is -2.45. The van der Waals surface area contributed by atoms with E-state index < -0.39 is 21.9 Å². The zero-order chi connectivity index (χ0) is 14.2. The highest BCUT2D eigenvalue weighted by Gasteiger charge is 2.36. The summed E-state index contributed by atoms with van der Waals surface area (Å²) in [6.45, 7) is 2.02. The van der Waals surface area contributed by atoms with E-state index in [1.165, 1.54) is 4.31 Å². The second-order valence-corrected chi connectivity index (χ2v) is 6.93. The van der Waals surface area contributed by atoms with Crippen molar-refractivity contribution in [1.29, 1.82) is 0 Å². The van der Waals surface area contributed by atoms with Crippen LogP contribution in [0.2, 0.25) is 0 Å². The molecule has 2 unspecified atom stereocenters. The first-order chi connectivity index (χ1) is 8.82. The largest absolute Gasteiger partial charge is 0.481 e. The Balaban J connectivity index is 2.21. The number of carbonyl (C=O) groups is 1. The van der Waals surface area contributed by atoms with Crippen LogP contribution in [0.5, 0.6) is 0 Å². The Labute approximate surface area is 112 Å². The number of carboxylic acid groups (broad SMARTS) is 1. The van der Waals surface area contributed by atoms with Gasteiger partial charge in [0.2, 0.25) is 10.0 Å². The third-order valence-corrected chi connectivity index (χ3v) is 5.57. The van der Waals surface area contributed by atoms with Crippen LogP contribution in [0.25, 0.3) is 0 Å². The van der Waals surface area contributed by atoms with E-state index in [1.54, 1.807) is 37.0 Å². The molecule has 2 rings (SSSR count). The van der Waals surface area contributed by atoms with Gasteiger partial charge in [-0.05, 0) is 25.8 Å². The molecule has 0 aromatic carbocycles. The second kappa shape index (κ2) is 4.97. The quantitative estimate of drug-likeness (QED) is 0.895. The minimum Gasteiger partial charge on any atom is -0.481 e. The van der Waals surface area contributed by atoms with Gasteiger partial charge in [0.15, 0.2) is 0 Å². The van der Waals surface area contributed by atoms with Gasteiger partial charge >= 0.3 is 5.97 Å². The van der Waals surface area contributed by atoms with Gasteiger partial charge in [-0.1, -0.05) is 0 Å². The Morgan fingerprint density at radius 3 is 2.63 bits per heavy atom. The summed E-state index contributed by atoms with van der Waals surface area (Å²) in [5.41, 5.74) is 0. The minimum absolute atomic E-state index is 0.259. The molecule has 1 saturated heterocycles. The van der Waals surface area contributed by atoms with Crippen molar-refractivity contribution < 1.29 is 18.3 Å². The number of carboxylic acids is 1. The molecule has 1 N–H and O–H groups in total. The summed E-state index contributed by atoms with van der Waals surface area (Å²) < 4.78 is 28.0. The number of rotatable bonds is 3. The van der Waals surface area contributed by atoms with E-state index >= 15 is 0 Å². The van der Waals surface area contributed by atoms with Gasteiger partial charge in [0, 0.05) is 32.0 Å². The van der Waals surface area contributed by atoms with Crippen molar-refractivity contribution in [1.82, 2.24) is 8.87 Å². The predicted molar refractivity (Wildman–Crippen MR) is 69.1 cm³/mol. The molecular weight excluding hydrogens is 268 g/mol. The first kappa shape index (κ1) is 14.1. The topological polar surface area (TPSA) is 79.6 Å². The molecule has 1 aliphatic heterocycles. The fourth-order valence-corrected chi connectivity index (χ4v) is 4.21. The molecule has 2 heterocycles. The van der Waals surface area contributed by atoms with Crippen LogP contribution in [0, 0.1) is 5.92 Å². The molecule has 0 amide bonds. The number of aryl methyl sites for hydroxylation is 1. The number of piperidine rings is 1. The summed E-state index contributed by atoms with van der Waals surface area (Å²) in [5.74, 6) is -1.29. The van der Waals surface area contributed by atoms with Crippen LogP contribution >= 0.6 is 0 Å². The van der Waals surface area contributed by atoms with E-state index in [0.717, 1.165) is 0 Å². The van der Waals surface area contributed by atoms with Crippen molar-refractivity contribution in [2.75, 3.05) is 6.54 Å². The molecule has 106 valence electrons. The van der Waals surface area contributed by atoms with Gasteiger partial charge in [0.1, 0.15) is 0 Å². The van der Waals surface area contributed by atoms with E-state index in [2.05, 4.69) is 0 Å². The van der Waals surface area contributed by atoms with Crippen molar-refractivity contribution in [3.63, 3.8) is 0 Å². The third kappa shape index (κ3) is 2.66. The zero-order valence-electron chi connectivity index (χ0n) is 11.0. The molecule has 6 nitrogen and oxygen atoms in total. The zero-order valence-corrected chi connectivity index (χ0v) is 11.8. The molecule has 19 heavy (non-hydrogen) atoms. The van der Waals surface area contributed by atoms with Gasteiger partial charge < -0.3 is 9.67 Å². The highest BCUT2D eigenvalue weighted by Crippen LogP contribution is 2.28. The Hall–Kier alpha value is -1.34. The van der Waals surface area contributed by atoms with Crippen LogP contribution in [-0.2, 0) is 21.9 Å². The van der Waals surface area contributed by atoms with Gasteiger partial charge in [-0.15, -0.1) is 0 Å². The molecule has 1 aromatic heterocycles. The molecule has 0 radical (unpaired) electrons. The monoisotopic (exact) mass is 286 g/mol. The van der Waals surface area contributed by atoms with E-state index in [0.29, 0.717) is 12.8 Å². The highest BCUT2D eigenvalue weighted by molar-refractivity contribution is 7.89. The summed E-state index contributed by atoms with van der Waals surface area (Å²) >= 11 is 0. The first-order valence-corrected chi connectivity index (χ1v) is 7.63. The minimum atomic E-state index is -3.52. The lowest BCUT2D eigenvalue weighted by atomic mass is 9.93. The lowest BCUT2D eigenvalue weighted by molar-refractivity contribution is -0.143. The maximum atomic E-state index is 12.5. The molecule has 0 aliphatic carbocycles. The molecule has 0 saturated carbocycles. The van der Waals surface area contributed by atoms with Crippen molar-refractivity contribution in [3.8, 4) is 0 Å². The maximum Gasteiger partial charge on any atom is 0.306 e. The van der Waals surface area contributed by atoms with E-state index in [9.17, 15) is 13.2 Å². The average molecular weight is 286 g/mol. The fraction of sp³-hybridized carbons (Fsp3) is 0.583. The molecule has 0 bridgehead atoms. The highest BCUT2D eigenvalue weighted by atomic mass is 32.2. The second-order valence-electron chi connectivity index (χ2n) is 5.04. The predicted octanol–water partition coefficient (Wildman–Crippen LogP) is 0.899. The summed E-state index contributed by atoms with van der Waals surface area (Å²) in [4.78, 5) is 11.2. The summed E-state index contributed by atoms with van der Waals surface area (Å²) in [5, 5.41) is 8.99. The number of nitrogens with zero attached hydrogens (tertiary/aromatic N) is 2. The summed E-state index contributed by atoms with van der Waals surface area (Å²) in [6, 6.07) is 1.27. The van der Waals surface area contributed by atoms with E-state index in [4.69, 9.17) is 5.11 Å². The Morgan fingerprint density at radius 2 is 2.16 bits per heavy atom. The number of aromatic nitrogens is 1. The number of sulfonamides is 1. The van der Waals surface area contributed by atoms with Crippen LogP contribution in [0.1, 0.15) is 19.8 Å². The Morgan fingerprint density at radius 1 is 1.47 bits per heavy atom. The molecule has 1 fully saturated rings. The van der Waals surface area contributed by atoms with Crippen LogP contribution in [0.15, 0.2) is 23.4 Å². The van der Waals surface area contributed by atoms with Crippen LogP contribution in [0.3, 0.4) is 0 Å². The number of aliphatic carboxylic acids is 1. The van der Waals surface area contributed by atoms with Gasteiger partial charge in [-0.25, -0.2) is 8.42 Å². The maximum absolute atomic E-state index is 12.5. The molecule has 0 spiro atoms. The van der Waals surface area contributed by atoms with E-state index in [1.807, 2.05) is 0 Å². The number of hydrogen-bond donors (Lipinski definition) is 1. The van der Waals surface area contributed by atoms with Crippen molar-refractivity contribution >= 4 is 16.0 Å². The van der Waals surface area contributed by atoms with Gasteiger partial charge in [0.05, 0.1) is 10.8 Å². The Kier molecular flexibility index (Phi) is 3.69. The molecular formula is C12H18N2O4S. The summed E-state index contributed by atoms with van der Waals surface area (Å²) in [7, 11) is -1.76. The van der Waals surface area contributed by atoms with Gasteiger partial charge in [0.25, 0.3) is 0 Å². The normalized spacial score (nSPS) is 25.4.